The van der Waals surface area contributed by atoms with Gasteiger partial charge in [0.25, 0.3) is 0 Å². The van der Waals surface area contributed by atoms with Gasteiger partial charge in [-0.05, 0) is 94.3 Å². The molecule has 2 aliphatic rings. The quantitative estimate of drug-likeness (QED) is 0.171. The molecule has 0 saturated carbocycles. The molecule has 0 spiro atoms. The van der Waals surface area contributed by atoms with Crippen LogP contribution in [0.25, 0.3) is 93.6 Å². The van der Waals surface area contributed by atoms with Crippen LogP contribution in [0, 0.1) is 0 Å². The van der Waals surface area contributed by atoms with E-state index in [1.807, 2.05) is 12.1 Å². The van der Waals surface area contributed by atoms with E-state index < -0.39 is 0 Å². The fraction of sp³-hybridized carbons (Fsp3) is 0. The number of fused-ring (bicyclic) bond motifs is 14. The SMILES string of the molecule is c1ccc(N2B3c4ccccc4-n4c5ccccc5c5c(-c6ccc7c(c6)oc6ccccc67)cc(c3c54)-c3cc4oc5ccccc5c4cc32)cc1. The van der Waals surface area contributed by atoms with Crippen molar-refractivity contribution < 1.29 is 8.83 Å². The molecule has 13 rings (SSSR count). The van der Waals surface area contributed by atoms with Crippen LogP contribution in [0.5, 0.6) is 0 Å². The highest BCUT2D eigenvalue weighted by Gasteiger charge is 2.44. The second kappa shape index (κ2) is 9.87. The van der Waals surface area contributed by atoms with E-state index in [1.165, 1.54) is 55.2 Å². The van der Waals surface area contributed by atoms with Crippen molar-refractivity contribution in [3.63, 3.8) is 0 Å². The van der Waals surface area contributed by atoms with Gasteiger partial charge < -0.3 is 18.2 Å². The van der Waals surface area contributed by atoms with Crippen molar-refractivity contribution in [3.05, 3.63) is 164 Å². The standard InChI is InChI=1S/C48H27BN2O2/c1-2-12-29(13-3-1)51-41-26-36-31-15-6-11-21-43(31)53-45(36)27-35(41)37-25-34(28-22-23-32-30-14-5-10-20-42(30)52-44(32)24-28)46-33-16-4-8-18-39(33)50-40-19-9-7-17-38(40)49(51)47(37)48(46)50/h1-27H. The Morgan fingerprint density at radius 3 is 1.92 bits per heavy atom. The zero-order valence-electron chi connectivity index (χ0n) is 28.4. The highest BCUT2D eigenvalue weighted by molar-refractivity contribution is 6.93. The molecule has 5 heterocycles. The number of aromatic nitrogens is 1. The van der Waals surface area contributed by atoms with E-state index in [0.29, 0.717) is 0 Å². The van der Waals surface area contributed by atoms with Gasteiger partial charge in [-0.25, -0.2) is 0 Å². The fourth-order valence-corrected chi connectivity index (χ4v) is 9.60. The maximum atomic E-state index is 6.59. The summed E-state index contributed by atoms with van der Waals surface area (Å²) in [5.41, 5.74) is 16.9. The summed E-state index contributed by atoms with van der Waals surface area (Å²) >= 11 is 0. The molecule has 5 heteroatoms. The van der Waals surface area contributed by atoms with Gasteiger partial charge in [0, 0.05) is 54.9 Å². The van der Waals surface area contributed by atoms with Crippen LogP contribution in [0.2, 0.25) is 0 Å². The molecule has 0 aliphatic carbocycles. The Bertz CT molecular complexity index is 3370. The number of rotatable bonds is 2. The van der Waals surface area contributed by atoms with Crippen LogP contribution in [0.4, 0.5) is 11.4 Å². The summed E-state index contributed by atoms with van der Waals surface area (Å²) in [7, 11) is 0. The Balaban J connectivity index is 1.23. The van der Waals surface area contributed by atoms with Gasteiger partial charge >= 0.3 is 6.85 Å². The van der Waals surface area contributed by atoms with E-state index >= 15 is 0 Å². The molecular weight excluding hydrogens is 647 g/mol. The number of para-hydroxylation sites is 5. The molecule has 4 nitrogen and oxygen atoms in total. The van der Waals surface area contributed by atoms with E-state index in [-0.39, 0.29) is 6.85 Å². The lowest BCUT2D eigenvalue weighted by atomic mass is 9.44. The van der Waals surface area contributed by atoms with Crippen molar-refractivity contribution in [1.29, 1.82) is 0 Å². The maximum Gasteiger partial charge on any atom is 0.333 e. The number of benzene rings is 8. The molecular formula is C48H27BN2O2. The summed E-state index contributed by atoms with van der Waals surface area (Å²) in [6.07, 6.45) is 0. The molecule has 11 aromatic rings. The Labute approximate surface area is 303 Å². The first-order valence-electron chi connectivity index (χ1n) is 18.2. The van der Waals surface area contributed by atoms with E-state index in [9.17, 15) is 0 Å². The molecule has 0 unspecified atom stereocenters. The number of anilines is 2. The number of hydrogen-bond donors (Lipinski definition) is 0. The first-order valence-corrected chi connectivity index (χ1v) is 18.2. The van der Waals surface area contributed by atoms with Crippen LogP contribution in [-0.2, 0) is 0 Å². The van der Waals surface area contributed by atoms with Gasteiger partial charge in [0.15, 0.2) is 0 Å². The van der Waals surface area contributed by atoms with Gasteiger partial charge in [-0.3, -0.25) is 0 Å². The van der Waals surface area contributed by atoms with Crippen LogP contribution >= 0.6 is 0 Å². The van der Waals surface area contributed by atoms with Gasteiger partial charge in [-0.15, -0.1) is 0 Å². The molecule has 0 atom stereocenters. The highest BCUT2D eigenvalue weighted by atomic mass is 16.3. The second-order valence-electron chi connectivity index (χ2n) is 14.4. The Kier molecular flexibility index (Phi) is 5.16. The van der Waals surface area contributed by atoms with Gasteiger partial charge in [-0.2, -0.15) is 0 Å². The second-order valence-corrected chi connectivity index (χ2v) is 14.4. The van der Waals surface area contributed by atoms with E-state index in [2.05, 4.69) is 161 Å². The first-order chi connectivity index (χ1) is 26.3. The Morgan fingerprint density at radius 2 is 1.09 bits per heavy atom. The van der Waals surface area contributed by atoms with Crippen molar-refractivity contribution in [1.82, 2.24) is 4.57 Å². The zero-order valence-corrected chi connectivity index (χ0v) is 28.4. The lowest BCUT2D eigenvalue weighted by Gasteiger charge is -2.42. The number of hydrogen-bond acceptors (Lipinski definition) is 3. The molecule has 53 heavy (non-hydrogen) atoms. The summed E-state index contributed by atoms with van der Waals surface area (Å²) in [5.74, 6) is 0. The molecule has 0 saturated heterocycles. The summed E-state index contributed by atoms with van der Waals surface area (Å²) < 4.78 is 15.6. The summed E-state index contributed by atoms with van der Waals surface area (Å²) in [4.78, 5) is 2.57. The number of nitrogens with zero attached hydrogens (tertiary/aromatic N) is 2. The third-order valence-electron chi connectivity index (χ3n) is 11.8. The molecule has 0 N–H and O–H groups in total. The summed E-state index contributed by atoms with van der Waals surface area (Å²) in [5, 5.41) is 7.02. The van der Waals surface area contributed by atoms with Gasteiger partial charge in [0.05, 0.1) is 11.0 Å². The Hall–Kier alpha value is -6.98. The van der Waals surface area contributed by atoms with Gasteiger partial charge in [0.1, 0.15) is 22.3 Å². The first kappa shape index (κ1) is 27.7. The third kappa shape index (κ3) is 3.51. The minimum atomic E-state index is -0.0575. The van der Waals surface area contributed by atoms with Crippen molar-refractivity contribution >= 4 is 94.8 Å². The minimum absolute atomic E-state index is 0.0575. The van der Waals surface area contributed by atoms with E-state index in [0.717, 1.165) is 60.7 Å². The minimum Gasteiger partial charge on any atom is -0.456 e. The zero-order chi connectivity index (χ0) is 34.4. The van der Waals surface area contributed by atoms with E-state index in [1.54, 1.807) is 0 Å². The summed E-state index contributed by atoms with van der Waals surface area (Å²) in [6.45, 7) is -0.0575. The number of furan rings is 2. The van der Waals surface area contributed by atoms with E-state index in [4.69, 9.17) is 8.83 Å². The predicted octanol–water partition coefficient (Wildman–Crippen LogP) is 11.5. The lowest BCUT2D eigenvalue weighted by Crippen LogP contribution is -2.60. The maximum absolute atomic E-state index is 6.59. The smallest absolute Gasteiger partial charge is 0.333 e. The average molecular weight is 675 g/mol. The molecule has 3 aromatic heterocycles. The van der Waals surface area contributed by atoms with Crippen molar-refractivity contribution in [2.75, 3.05) is 4.81 Å². The fourth-order valence-electron chi connectivity index (χ4n) is 9.60. The highest BCUT2D eigenvalue weighted by Crippen LogP contribution is 2.50. The van der Waals surface area contributed by atoms with Crippen LogP contribution < -0.4 is 15.7 Å². The largest absolute Gasteiger partial charge is 0.456 e. The van der Waals surface area contributed by atoms with Gasteiger partial charge in [0.2, 0.25) is 0 Å². The van der Waals surface area contributed by atoms with Crippen LogP contribution in [0.3, 0.4) is 0 Å². The molecule has 2 aliphatic heterocycles. The molecule has 0 fully saturated rings. The van der Waals surface area contributed by atoms with Crippen molar-refractivity contribution in [3.8, 4) is 27.9 Å². The molecule has 0 bridgehead atoms. The molecule has 0 amide bonds. The van der Waals surface area contributed by atoms with Crippen LogP contribution in [0.15, 0.2) is 173 Å². The van der Waals surface area contributed by atoms with Crippen LogP contribution in [0.1, 0.15) is 0 Å². The lowest BCUT2D eigenvalue weighted by molar-refractivity contribution is 0.668. The predicted molar refractivity (Wildman–Crippen MR) is 220 cm³/mol. The Morgan fingerprint density at radius 1 is 0.434 bits per heavy atom. The molecule has 0 radical (unpaired) electrons. The normalized spacial score (nSPS) is 13.2. The monoisotopic (exact) mass is 674 g/mol. The summed E-state index contributed by atoms with van der Waals surface area (Å²) in [6, 6.07) is 59.3. The average Bonchev–Trinajstić information content (AvgIpc) is 3.89. The molecule has 8 aromatic carbocycles. The van der Waals surface area contributed by atoms with Crippen molar-refractivity contribution in [2.24, 2.45) is 0 Å². The topological polar surface area (TPSA) is 34.5 Å². The van der Waals surface area contributed by atoms with Gasteiger partial charge in [-0.1, -0.05) is 97.1 Å². The third-order valence-corrected chi connectivity index (χ3v) is 11.8. The molecule has 244 valence electrons. The van der Waals surface area contributed by atoms with Crippen molar-refractivity contribution in [2.45, 2.75) is 0 Å². The van der Waals surface area contributed by atoms with Crippen LogP contribution in [-0.4, -0.2) is 11.4 Å².